The highest BCUT2D eigenvalue weighted by molar-refractivity contribution is 7.32. The van der Waals surface area contributed by atoms with Gasteiger partial charge in [-0.15, -0.1) is 0 Å². The molecule has 1 aromatic heterocycles. The van der Waals surface area contributed by atoms with E-state index in [0.29, 0.717) is 10.5 Å². The Labute approximate surface area is 88.2 Å². The highest BCUT2D eigenvalue weighted by atomic mass is 32.2. The van der Waals surface area contributed by atoms with Crippen molar-refractivity contribution in [2.75, 3.05) is 0 Å². The van der Waals surface area contributed by atoms with E-state index in [1.54, 1.807) is 0 Å². The minimum absolute atomic E-state index is 0.364. The molecular weight excluding hydrogens is 188 g/mol. The third kappa shape index (κ3) is 1.88. The SMILES string of the molecule is CCC[s+]1cccc1-c1ccccc1. The average molecular weight is 203 g/mol. The normalized spacial score (nSPS) is 11.6. The first kappa shape index (κ1) is 9.47. The lowest BCUT2D eigenvalue weighted by atomic mass is 10.2. The van der Waals surface area contributed by atoms with Crippen LogP contribution in [0.3, 0.4) is 0 Å². The number of thiophene rings is 1. The van der Waals surface area contributed by atoms with Gasteiger partial charge in [-0.05, 0) is 35.1 Å². The Kier molecular flexibility index (Phi) is 3.00. The summed E-state index contributed by atoms with van der Waals surface area (Å²) < 4.78 is 0. The molecule has 0 aliphatic carbocycles. The number of aryl methyl sites for hydroxylation is 1. The van der Waals surface area contributed by atoms with Gasteiger partial charge in [0.1, 0.15) is 11.1 Å². The van der Waals surface area contributed by atoms with Crippen LogP contribution in [0.15, 0.2) is 47.8 Å². The van der Waals surface area contributed by atoms with Crippen LogP contribution in [0.4, 0.5) is 0 Å². The smallest absolute Gasteiger partial charge is 0.0622 e. The van der Waals surface area contributed by atoms with E-state index >= 15 is 0 Å². The van der Waals surface area contributed by atoms with Gasteiger partial charge < -0.3 is 0 Å². The second kappa shape index (κ2) is 4.43. The topological polar surface area (TPSA) is 0 Å². The largest absolute Gasteiger partial charge is 0.180 e. The van der Waals surface area contributed by atoms with Crippen molar-refractivity contribution in [3.05, 3.63) is 47.8 Å². The maximum absolute atomic E-state index is 2.34. The van der Waals surface area contributed by atoms with E-state index in [9.17, 15) is 0 Å². The molecule has 0 N–H and O–H groups in total. The van der Waals surface area contributed by atoms with Gasteiger partial charge in [0.2, 0.25) is 0 Å². The minimum atomic E-state index is 0.364. The van der Waals surface area contributed by atoms with Crippen molar-refractivity contribution in [1.29, 1.82) is 0 Å². The molecular formula is C13H15S+. The van der Waals surface area contributed by atoms with Gasteiger partial charge in [-0.2, -0.15) is 0 Å². The Morgan fingerprint density at radius 3 is 2.50 bits per heavy atom. The fraction of sp³-hybridized carbons (Fsp3) is 0.231. The Balaban J connectivity index is 2.37. The summed E-state index contributed by atoms with van der Waals surface area (Å²) in [5.74, 6) is 1.29. The first-order chi connectivity index (χ1) is 6.92. The zero-order valence-electron chi connectivity index (χ0n) is 8.44. The Morgan fingerprint density at radius 2 is 1.79 bits per heavy atom. The second-order valence-electron chi connectivity index (χ2n) is 3.36. The molecule has 2 aromatic rings. The molecule has 2 rings (SSSR count). The zero-order chi connectivity index (χ0) is 9.80. The molecule has 0 aliphatic rings. The number of rotatable bonds is 3. The van der Waals surface area contributed by atoms with Crippen molar-refractivity contribution in [3.8, 4) is 10.4 Å². The van der Waals surface area contributed by atoms with Crippen LogP contribution in [0.1, 0.15) is 13.3 Å². The summed E-state index contributed by atoms with van der Waals surface area (Å²) in [6, 6.07) is 15.2. The molecule has 0 radical (unpaired) electrons. The fourth-order valence-corrected chi connectivity index (χ4v) is 3.53. The maximum Gasteiger partial charge on any atom is 0.180 e. The highest BCUT2D eigenvalue weighted by Gasteiger charge is 2.12. The number of benzene rings is 1. The van der Waals surface area contributed by atoms with Crippen LogP contribution in [-0.4, -0.2) is 0 Å². The predicted molar refractivity (Wildman–Crippen MR) is 64.6 cm³/mol. The van der Waals surface area contributed by atoms with Crippen LogP contribution in [0, 0.1) is 0 Å². The molecule has 72 valence electrons. The van der Waals surface area contributed by atoms with Crippen LogP contribution in [-0.2, 0) is 5.75 Å². The third-order valence-corrected chi connectivity index (χ3v) is 4.53. The molecule has 1 atom stereocenters. The molecule has 0 nitrogen and oxygen atoms in total. The Bertz CT molecular complexity index is 387. The maximum atomic E-state index is 2.34. The summed E-state index contributed by atoms with van der Waals surface area (Å²) in [6.45, 7) is 2.25. The van der Waals surface area contributed by atoms with Crippen molar-refractivity contribution in [2.24, 2.45) is 0 Å². The summed E-state index contributed by atoms with van der Waals surface area (Å²) in [5, 5.41) is 2.34. The van der Waals surface area contributed by atoms with E-state index in [2.05, 4.69) is 54.8 Å². The van der Waals surface area contributed by atoms with Gasteiger partial charge >= 0.3 is 0 Å². The van der Waals surface area contributed by atoms with E-state index in [4.69, 9.17) is 0 Å². The molecule has 0 fully saturated rings. The van der Waals surface area contributed by atoms with Crippen LogP contribution >= 0.6 is 10.5 Å². The van der Waals surface area contributed by atoms with Crippen molar-refractivity contribution in [1.82, 2.24) is 0 Å². The van der Waals surface area contributed by atoms with Gasteiger partial charge in [0.05, 0.1) is 0 Å². The summed E-state index contributed by atoms with van der Waals surface area (Å²) >= 11 is 0. The highest BCUT2D eigenvalue weighted by Crippen LogP contribution is 2.35. The predicted octanol–water partition coefficient (Wildman–Crippen LogP) is 4.51. The first-order valence-corrected chi connectivity index (χ1v) is 6.51. The van der Waals surface area contributed by atoms with Crippen molar-refractivity contribution in [2.45, 2.75) is 19.1 Å². The summed E-state index contributed by atoms with van der Waals surface area (Å²) in [7, 11) is 0.364. The zero-order valence-corrected chi connectivity index (χ0v) is 9.26. The molecule has 1 unspecified atom stereocenters. The van der Waals surface area contributed by atoms with Crippen molar-refractivity contribution in [3.63, 3.8) is 0 Å². The second-order valence-corrected chi connectivity index (χ2v) is 5.34. The number of hydrogen-bond donors (Lipinski definition) is 0. The minimum Gasteiger partial charge on any atom is -0.0622 e. The first-order valence-electron chi connectivity index (χ1n) is 5.05. The van der Waals surface area contributed by atoms with Gasteiger partial charge in [-0.3, -0.25) is 0 Å². The van der Waals surface area contributed by atoms with Gasteiger partial charge in [-0.1, -0.05) is 25.1 Å². The molecule has 1 heteroatoms. The summed E-state index contributed by atoms with van der Waals surface area (Å²) in [5.41, 5.74) is 1.38. The van der Waals surface area contributed by atoms with E-state index in [1.807, 2.05) is 0 Å². The molecule has 1 heterocycles. The van der Waals surface area contributed by atoms with Gasteiger partial charge in [0.15, 0.2) is 4.88 Å². The van der Waals surface area contributed by atoms with Crippen LogP contribution in [0.25, 0.3) is 10.4 Å². The molecule has 0 amide bonds. The third-order valence-electron chi connectivity index (χ3n) is 2.26. The van der Waals surface area contributed by atoms with E-state index in [1.165, 1.54) is 22.6 Å². The van der Waals surface area contributed by atoms with E-state index < -0.39 is 0 Å². The molecule has 0 aliphatic heterocycles. The Hall–Kier alpha value is -1.08. The lowest BCUT2D eigenvalue weighted by Gasteiger charge is -1.94. The standard InChI is InChI=1S/C13H15S/c1-2-10-14-11-6-9-13(14)12-7-4-3-5-8-12/h3-9,11H,2,10H2,1H3/q+1. The average Bonchev–Trinajstić information content (AvgIpc) is 2.68. The summed E-state index contributed by atoms with van der Waals surface area (Å²) in [6.07, 6.45) is 1.26. The van der Waals surface area contributed by atoms with Crippen LogP contribution in [0.5, 0.6) is 0 Å². The van der Waals surface area contributed by atoms with Gasteiger partial charge in [0.25, 0.3) is 0 Å². The van der Waals surface area contributed by atoms with E-state index in [0.717, 1.165) is 0 Å². The van der Waals surface area contributed by atoms with Crippen LogP contribution < -0.4 is 0 Å². The molecule has 1 aromatic carbocycles. The molecule has 0 spiro atoms. The summed E-state index contributed by atoms with van der Waals surface area (Å²) in [4.78, 5) is 1.51. The monoisotopic (exact) mass is 203 g/mol. The quantitative estimate of drug-likeness (QED) is 0.644. The molecule has 0 saturated heterocycles. The molecule has 14 heavy (non-hydrogen) atoms. The van der Waals surface area contributed by atoms with E-state index in [-0.39, 0.29) is 0 Å². The fourth-order valence-electron chi connectivity index (χ4n) is 1.63. The van der Waals surface area contributed by atoms with Crippen molar-refractivity contribution < 1.29 is 0 Å². The molecule has 0 saturated carbocycles. The lowest BCUT2D eigenvalue weighted by molar-refractivity contribution is 1.03. The lowest BCUT2D eigenvalue weighted by Crippen LogP contribution is -1.74. The Morgan fingerprint density at radius 1 is 1.00 bits per heavy atom. The van der Waals surface area contributed by atoms with Gasteiger partial charge in [0, 0.05) is 11.6 Å². The number of hydrogen-bond acceptors (Lipinski definition) is 0. The van der Waals surface area contributed by atoms with Crippen molar-refractivity contribution >= 4 is 10.5 Å². The van der Waals surface area contributed by atoms with Crippen LogP contribution in [0.2, 0.25) is 0 Å². The molecule has 0 bridgehead atoms. The van der Waals surface area contributed by atoms with Gasteiger partial charge in [-0.25, -0.2) is 0 Å².